The Hall–Kier alpha value is -0.980. The van der Waals surface area contributed by atoms with Crippen molar-refractivity contribution in [3.63, 3.8) is 0 Å². The molecular weight excluding hydrogens is 184 g/mol. The van der Waals surface area contributed by atoms with Crippen LogP contribution in [0.1, 0.15) is 42.7 Å². The second-order valence-corrected chi connectivity index (χ2v) is 4.92. The van der Waals surface area contributed by atoms with E-state index >= 15 is 0 Å². The van der Waals surface area contributed by atoms with Gasteiger partial charge in [-0.05, 0) is 54.4 Å². The van der Waals surface area contributed by atoms with Crippen LogP contribution >= 0.6 is 0 Å². The number of ether oxygens (including phenoxy) is 1. The molecule has 0 aliphatic heterocycles. The molecule has 1 aromatic rings. The lowest BCUT2D eigenvalue weighted by Crippen LogP contribution is -2.12. The van der Waals surface area contributed by atoms with Gasteiger partial charge in [0.05, 0.1) is 7.11 Å². The minimum absolute atomic E-state index is 0.861. The molecule has 3 rings (SSSR count). The van der Waals surface area contributed by atoms with Gasteiger partial charge >= 0.3 is 0 Å². The monoisotopic (exact) mass is 202 g/mol. The number of fused-ring (bicyclic) bond motifs is 3. The van der Waals surface area contributed by atoms with Gasteiger partial charge in [0.15, 0.2) is 0 Å². The fourth-order valence-electron chi connectivity index (χ4n) is 3.39. The highest BCUT2D eigenvalue weighted by atomic mass is 16.5. The Labute approximate surface area is 91.5 Å². The van der Waals surface area contributed by atoms with E-state index in [9.17, 15) is 0 Å². The van der Waals surface area contributed by atoms with Crippen LogP contribution in [-0.2, 0) is 6.42 Å². The summed E-state index contributed by atoms with van der Waals surface area (Å²) in [5, 5.41) is 0. The third-order valence-corrected chi connectivity index (χ3v) is 4.14. The lowest BCUT2D eigenvalue weighted by Gasteiger charge is -2.25. The summed E-state index contributed by atoms with van der Waals surface area (Å²) in [5.74, 6) is 2.81. The van der Waals surface area contributed by atoms with E-state index in [4.69, 9.17) is 4.74 Å². The molecule has 0 spiro atoms. The van der Waals surface area contributed by atoms with E-state index in [1.54, 1.807) is 18.2 Å². The van der Waals surface area contributed by atoms with Gasteiger partial charge in [0.2, 0.25) is 0 Å². The molecule has 80 valence electrons. The smallest absolute Gasteiger partial charge is 0.119 e. The van der Waals surface area contributed by atoms with E-state index in [0.29, 0.717) is 0 Å². The first kappa shape index (κ1) is 9.26. The summed E-state index contributed by atoms with van der Waals surface area (Å²) in [4.78, 5) is 0. The molecule has 0 N–H and O–H groups in total. The normalized spacial score (nSPS) is 28.3. The predicted octanol–water partition coefficient (Wildman–Crippen LogP) is 3.53. The fraction of sp³-hybridized carbons (Fsp3) is 0.571. The highest BCUT2D eigenvalue weighted by Crippen LogP contribution is 2.47. The van der Waals surface area contributed by atoms with Crippen molar-refractivity contribution >= 4 is 0 Å². The van der Waals surface area contributed by atoms with Crippen LogP contribution in [0.25, 0.3) is 0 Å². The lowest BCUT2D eigenvalue weighted by atomic mass is 9.80. The summed E-state index contributed by atoms with van der Waals surface area (Å²) in [5.41, 5.74) is 3.16. The largest absolute Gasteiger partial charge is 0.497 e. The summed E-state index contributed by atoms with van der Waals surface area (Å²) in [6.07, 6.45) is 6.99. The number of hydrogen-bond donors (Lipinski definition) is 0. The Morgan fingerprint density at radius 1 is 1.20 bits per heavy atom. The highest BCUT2D eigenvalue weighted by molar-refractivity contribution is 5.42. The van der Waals surface area contributed by atoms with Crippen molar-refractivity contribution in [3.05, 3.63) is 29.3 Å². The molecule has 0 amide bonds. The first-order valence-corrected chi connectivity index (χ1v) is 6.05. The number of hydrogen-bond acceptors (Lipinski definition) is 1. The molecule has 2 aliphatic carbocycles. The van der Waals surface area contributed by atoms with E-state index < -0.39 is 0 Å². The van der Waals surface area contributed by atoms with Crippen LogP contribution in [0.4, 0.5) is 0 Å². The van der Waals surface area contributed by atoms with Crippen LogP contribution in [-0.4, -0.2) is 7.11 Å². The fourth-order valence-corrected chi connectivity index (χ4v) is 3.39. The number of rotatable bonds is 1. The van der Waals surface area contributed by atoms with Gasteiger partial charge in [-0.15, -0.1) is 0 Å². The second kappa shape index (κ2) is 3.55. The van der Waals surface area contributed by atoms with Crippen LogP contribution < -0.4 is 4.74 Å². The molecule has 1 saturated carbocycles. The Balaban J connectivity index is 1.96. The molecular formula is C14H18O. The molecule has 0 saturated heterocycles. The van der Waals surface area contributed by atoms with Crippen molar-refractivity contribution in [2.45, 2.75) is 38.0 Å². The molecule has 15 heavy (non-hydrogen) atoms. The third kappa shape index (κ3) is 1.45. The molecule has 1 aromatic carbocycles. The summed E-state index contributed by atoms with van der Waals surface area (Å²) in [6.45, 7) is 0. The maximum Gasteiger partial charge on any atom is 0.119 e. The van der Waals surface area contributed by atoms with Gasteiger partial charge in [-0.3, -0.25) is 0 Å². The molecule has 0 heterocycles. The van der Waals surface area contributed by atoms with Crippen molar-refractivity contribution in [2.24, 2.45) is 5.92 Å². The summed E-state index contributed by atoms with van der Waals surface area (Å²) in [7, 11) is 1.75. The second-order valence-electron chi connectivity index (χ2n) is 4.92. The molecule has 0 bridgehead atoms. The van der Waals surface area contributed by atoms with E-state index in [2.05, 4.69) is 18.2 Å². The van der Waals surface area contributed by atoms with E-state index in [1.807, 2.05) is 0 Å². The minimum Gasteiger partial charge on any atom is -0.497 e. The van der Waals surface area contributed by atoms with Gasteiger partial charge in [0.25, 0.3) is 0 Å². The predicted molar refractivity (Wildman–Crippen MR) is 61.4 cm³/mol. The third-order valence-electron chi connectivity index (χ3n) is 4.14. The molecule has 0 unspecified atom stereocenters. The van der Waals surface area contributed by atoms with Crippen molar-refractivity contribution in [1.29, 1.82) is 0 Å². The van der Waals surface area contributed by atoms with Crippen LogP contribution in [0.3, 0.4) is 0 Å². The summed E-state index contributed by atoms with van der Waals surface area (Å²) >= 11 is 0. The van der Waals surface area contributed by atoms with E-state index in [-0.39, 0.29) is 0 Å². The zero-order valence-corrected chi connectivity index (χ0v) is 9.33. The van der Waals surface area contributed by atoms with Crippen molar-refractivity contribution in [2.75, 3.05) is 7.11 Å². The van der Waals surface area contributed by atoms with Crippen molar-refractivity contribution < 1.29 is 4.74 Å². The zero-order chi connectivity index (χ0) is 10.3. The highest BCUT2D eigenvalue weighted by Gasteiger charge is 2.33. The Bertz CT molecular complexity index is 370. The van der Waals surface area contributed by atoms with Gasteiger partial charge in [0, 0.05) is 0 Å². The number of methoxy groups -OCH3 is 1. The first-order valence-electron chi connectivity index (χ1n) is 6.05. The standard InChI is InChI=1S/C14H18O/c1-15-12-6-7-14-11(9-12)8-10-4-2-3-5-13(10)14/h6-7,9-10,13H,2-5,8H2,1H3/t10-,13+/m1/s1. The molecule has 0 radical (unpaired) electrons. The lowest BCUT2D eigenvalue weighted by molar-refractivity contribution is 0.330. The molecule has 2 atom stereocenters. The van der Waals surface area contributed by atoms with Crippen LogP contribution in [0.15, 0.2) is 18.2 Å². The molecule has 1 fully saturated rings. The van der Waals surface area contributed by atoms with Gasteiger partial charge in [-0.1, -0.05) is 18.9 Å². The Kier molecular flexibility index (Phi) is 2.19. The maximum absolute atomic E-state index is 5.29. The van der Waals surface area contributed by atoms with Gasteiger partial charge < -0.3 is 4.74 Å². The maximum atomic E-state index is 5.29. The van der Waals surface area contributed by atoms with Gasteiger partial charge in [-0.25, -0.2) is 0 Å². The molecule has 0 aromatic heterocycles. The first-order chi connectivity index (χ1) is 7.38. The summed E-state index contributed by atoms with van der Waals surface area (Å²) < 4.78 is 5.29. The molecule has 2 aliphatic rings. The minimum atomic E-state index is 0.861. The van der Waals surface area contributed by atoms with E-state index in [1.165, 1.54) is 32.1 Å². The zero-order valence-electron chi connectivity index (χ0n) is 9.33. The number of benzene rings is 1. The van der Waals surface area contributed by atoms with Crippen LogP contribution in [0, 0.1) is 5.92 Å². The van der Waals surface area contributed by atoms with Crippen LogP contribution in [0.2, 0.25) is 0 Å². The Morgan fingerprint density at radius 2 is 2.07 bits per heavy atom. The van der Waals surface area contributed by atoms with Gasteiger partial charge in [-0.2, -0.15) is 0 Å². The topological polar surface area (TPSA) is 9.23 Å². The SMILES string of the molecule is COc1ccc2c(c1)C[C@H]1CCCC[C@H]21. The average molecular weight is 202 g/mol. The quantitative estimate of drug-likeness (QED) is 0.677. The summed E-state index contributed by atoms with van der Waals surface area (Å²) in [6, 6.07) is 6.66. The van der Waals surface area contributed by atoms with Crippen molar-refractivity contribution in [3.8, 4) is 5.75 Å². The molecule has 1 heteroatoms. The van der Waals surface area contributed by atoms with Crippen molar-refractivity contribution in [1.82, 2.24) is 0 Å². The van der Waals surface area contributed by atoms with Gasteiger partial charge in [0.1, 0.15) is 5.75 Å². The Morgan fingerprint density at radius 3 is 2.93 bits per heavy atom. The average Bonchev–Trinajstić information content (AvgIpc) is 2.66. The van der Waals surface area contributed by atoms with Crippen LogP contribution in [0.5, 0.6) is 5.75 Å². The molecule has 1 nitrogen and oxygen atoms in total. The van der Waals surface area contributed by atoms with E-state index in [0.717, 1.165) is 17.6 Å².